The van der Waals surface area contributed by atoms with Crippen LogP contribution in [0.4, 0.5) is 0 Å². The number of hydrogen-bond donors (Lipinski definition) is 17. The molecule has 0 radical (unpaired) electrons. The first kappa shape index (κ1) is 66.3. The van der Waals surface area contributed by atoms with Gasteiger partial charge in [-0.25, -0.2) is 0 Å². The Hall–Kier alpha value is -1.12. The molecular formula is C58H96O28. The largest absolute Gasteiger partial charge is 0.394 e. The summed E-state index contributed by atoms with van der Waals surface area (Å²) in [6.45, 7) is 12.0. The molecule has 35 atom stereocenters. The van der Waals surface area contributed by atoms with Crippen molar-refractivity contribution in [1.29, 1.82) is 0 Å². The van der Waals surface area contributed by atoms with Crippen molar-refractivity contribution >= 4 is 0 Å². The van der Waals surface area contributed by atoms with E-state index in [1.165, 1.54) is 0 Å². The summed E-state index contributed by atoms with van der Waals surface area (Å²) in [5, 5.41) is 187. The molecule has 17 N–H and O–H groups in total. The van der Waals surface area contributed by atoms with Crippen LogP contribution in [0.2, 0.25) is 0 Å². The van der Waals surface area contributed by atoms with Crippen molar-refractivity contribution in [3.8, 4) is 0 Å². The van der Waals surface area contributed by atoms with E-state index in [4.69, 9.17) is 52.1 Å². The second kappa shape index (κ2) is 23.7. The maximum Gasteiger partial charge on any atom is 0.187 e. The highest BCUT2D eigenvalue weighted by atomic mass is 16.8. The van der Waals surface area contributed by atoms with Crippen LogP contribution in [0.3, 0.4) is 0 Å². The minimum atomic E-state index is -1.94. The second-order valence-electron chi connectivity index (χ2n) is 29.2. The predicted molar refractivity (Wildman–Crippen MR) is 285 cm³/mol. The molecular weight excluding hydrogens is 1140 g/mol. The monoisotopic (exact) mass is 1240 g/mol. The van der Waals surface area contributed by atoms with Crippen LogP contribution >= 0.6 is 0 Å². The highest BCUT2D eigenvalue weighted by Gasteiger charge is 2.84. The van der Waals surface area contributed by atoms with Crippen LogP contribution in [0, 0.1) is 50.2 Å². The molecule has 11 rings (SSSR count). The molecule has 35 unspecified atom stereocenters. The molecule has 28 nitrogen and oxygen atoms in total. The summed E-state index contributed by atoms with van der Waals surface area (Å²) in [4.78, 5) is 0. The molecule has 5 saturated carbocycles. The third-order valence-electron chi connectivity index (χ3n) is 24.0. The van der Waals surface area contributed by atoms with Gasteiger partial charge in [0, 0.05) is 11.3 Å². The maximum atomic E-state index is 13.0. The van der Waals surface area contributed by atoms with E-state index >= 15 is 0 Å². The molecule has 0 amide bonds. The lowest BCUT2D eigenvalue weighted by atomic mass is 9.30. The molecule has 6 heterocycles. The SMILES string of the molecule is CC1(C)CC(OC2OC(CO)C(O)C(O)C2O)C23C(O)CC4(C)C5(C)CCC6C(C)(C)C(OC7OCC(OC8OC(CO)C(O)C(O)C8OC8OCC(O)C(O)C8O)C(O)C7OC7OC(CO)C(O)C(O)C7O)CCC6(C)C5CCC4(OC2O)C3C1. The van der Waals surface area contributed by atoms with Crippen molar-refractivity contribution in [3.63, 3.8) is 0 Å². The zero-order valence-corrected chi connectivity index (χ0v) is 49.8. The Bertz CT molecular complexity index is 2360. The molecule has 86 heavy (non-hydrogen) atoms. The molecule has 6 saturated heterocycles. The van der Waals surface area contributed by atoms with Gasteiger partial charge in [0.05, 0.1) is 62.4 Å². The van der Waals surface area contributed by atoms with E-state index in [0.717, 1.165) is 0 Å². The molecule has 2 bridgehead atoms. The molecule has 5 aliphatic carbocycles. The van der Waals surface area contributed by atoms with Crippen molar-refractivity contribution in [2.45, 2.75) is 278 Å². The summed E-state index contributed by atoms with van der Waals surface area (Å²) in [7, 11) is 0. The van der Waals surface area contributed by atoms with Crippen LogP contribution in [0.1, 0.15) is 106 Å². The van der Waals surface area contributed by atoms with Gasteiger partial charge in [0.15, 0.2) is 37.7 Å². The molecule has 11 aliphatic rings. The summed E-state index contributed by atoms with van der Waals surface area (Å²) in [6.07, 6.45) is -37.8. The van der Waals surface area contributed by atoms with Gasteiger partial charge in [0.1, 0.15) is 110 Å². The molecule has 28 heteroatoms. The van der Waals surface area contributed by atoms with Crippen molar-refractivity contribution in [2.24, 2.45) is 50.2 Å². The summed E-state index contributed by atoms with van der Waals surface area (Å²) in [5.74, 6) is -0.391. The number of aliphatic hydroxyl groups is 17. The number of aliphatic hydroxyl groups excluding tert-OH is 17. The van der Waals surface area contributed by atoms with E-state index in [9.17, 15) is 86.8 Å². The van der Waals surface area contributed by atoms with Gasteiger partial charge in [-0.3, -0.25) is 0 Å². The second-order valence-corrected chi connectivity index (χ2v) is 29.2. The standard InChI is InChI=1S/C58H96O28/c1-52(2)14-29-57-13-9-28-54(5)11-10-31(53(3,4)27(54)8-12-55(28,6)56(57,7)15-30(63)58(29,51(75)86-57)32(16-52)83-47-42(73)38(69)34(65)23(17-59)78-47)82-49-44(85-48-43(74)39(70)35(66)24(18-60)79-48)37(68)26(21-77-49)81-50-45(40(71)36(67)25(19-61)80-50)84-46-41(72)33(64)22(62)20-76-46/h22-51,59-75H,8-21H2,1-7H3. The van der Waals surface area contributed by atoms with Gasteiger partial charge in [-0.2, -0.15) is 0 Å². The van der Waals surface area contributed by atoms with Crippen molar-refractivity contribution in [2.75, 3.05) is 33.0 Å². The fourth-order valence-corrected chi connectivity index (χ4v) is 19.2. The average Bonchev–Trinajstić information content (AvgIpc) is 1.39. The van der Waals surface area contributed by atoms with Crippen molar-refractivity contribution in [3.05, 3.63) is 0 Å². The van der Waals surface area contributed by atoms with Gasteiger partial charge >= 0.3 is 0 Å². The van der Waals surface area contributed by atoms with Crippen LogP contribution in [0.5, 0.6) is 0 Å². The molecule has 6 aliphatic heterocycles. The van der Waals surface area contributed by atoms with Crippen molar-refractivity contribution in [1.82, 2.24) is 0 Å². The molecule has 0 aromatic carbocycles. The van der Waals surface area contributed by atoms with Gasteiger partial charge in [-0.15, -0.1) is 0 Å². The van der Waals surface area contributed by atoms with Gasteiger partial charge in [-0.05, 0) is 91.3 Å². The third kappa shape index (κ3) is 10.1. The van der Waals surface area contributed by atoms with Gasteiger partial charge in [0.2, 0.25) is 0 Å². The molecule has 0 aromatic heterocycles. The van der Waals surface area contributed by atoms with Crippen LogP contribution in [-0.2, 0) is 52.1 Å². The van der Waals surface area contributed by atoms with Crippen LogP contribution < -0.4 is 0 Å². The van der Waals surface area contributed by atoms with E-state index in [2.05, 4.69) is 48.5 Å². The first-order valence-corrected chi connectivity index (χ1v) is 30.8. The van der Waals surface area contributed by atoms with E-state index in [1.807, 2.05) is 0 Å². The van der Waals surface area contributed by atoms with E-state index < -0.39 is 238 Å². The first-order valence-electron chi connectivity index (χ1n) is 30.8. The fraction of sp³-hybridized carbons (Fsp3) is 1.00. The van der Waals surface area contributed by atoms with Gasteiger partial charge in [-0.1, -0.05) is 48.5 Å². The highest BCUT2D eigenvalue weighted by molar-refractivity contribution is 5.30. The summed E-state index contributed by atoms with van der Waals surface area (Å²) in [5.41, 5.74) is -4.95. The lowest BCUT2D eigenvalue weighted by molar-refractivity contribution is -0.392. The Balaban J connectivity index is 0.845. The number of ether oxygens (including phenoxy) is 11. The summed E-state index contributed by atoms with van der Waals surface area (Å²) < 4.78 is 68.4. The van der Waals surface area contributed by atoms with Crippen LogP contribution in [-0.4, -0.2) is 291 Å². The normalized spacial score (nSPS) is 57.8. The summed E-state index contributed by atoms with van der Waals surface area (Å²) in [6, 6.07) is 0. The Labute approximate surface area is 498 Å². The summed E-state index contributed by atoms with van der Waals surface area (Å²) >= 11 is 0. The minimum Gasteiger partial charge on any atom is -0.394 e. The third-order valence-corrected chi connectivity index (χ3v) is 24.0. The zero-order chi connectivity index (χ0) is 62.5. The van der Waals surface area contributed by atoms with Gasteiger partial charge in [0.25, 0.3) is 0 Å². The molecule has 0 aromatic rings. The van der Waals surface area contributed by atoms with E-state index in [0.29, 0.717) is 51.4 Å². The maximum absolute atomic E-state index is 13.0. The Kier molecular flexibility index (Phi) is 18.3. The molecule has 1 spiro atoms. The number of hydrogen-bond acceptors (Lipinski definition) is 28. The first-order chi connectivity index (χ1) is 40.3. The average molecular weight is 1240 g/mol. The molecule has 11 fully saturated rings. The van der Waals surface area contributed by atoms with E-state index in [-0.39, 0.29) is 23.7 Å². The molecule has 496 valence electrons. The topological polar surface area (TPSA) is 445 Å². The van der Waals surface area contributed by atoms with Crippen LogP contribution in [0.25, 0.3) is 0 Å². The lowest BCUT2D eigenvalue weighted by Gasteiger charge is -2.75. The fourth-order valence-electron chi connectivity index (χ4n) is 19.2. The Morgan fingerprint density at radius 1 is 0.430 bits per heavy atom. The minimum absolute atomic E-state index is 0.0100. The number of fused-ring (bicyclic) bond motifs is 4. The Morgan fingerprint density at radius 2 is 0.953 bits per heavy atom. The van der Waals surface area contributed by atoms with E-state index in [1.54, 1.807) is 0 Å². The van der Waals surface area contributed by atoms with Crippen LogP contribution in [0.15, 0.2) is 0 Å². The lowest BCUT2D eigenvalue weighted by Crippen LogP contribution is -2.75. The highest BCUT2D eigenvalue weighted by Crippen LogP contribution is 2.81. The van der Waals surface area contributed by atoms with Gasteiger partial charge < -0.3 is 139 Å². The smallest absolute Gasteiger partial charge is 0.187 e. The predicted octanol–water partition coefficient (Wildman–Crippen LogP) is -4.96. The Morgan fingerprint density at radius 3 is 1.57 bits per heavy atom. The zero-order valence-electron chi connectivity index (χ0n) is 49.8. The number of rotatable bonds is 13. The quantitative estimate of drug-likeness (QED) is 0.0768. The van der Waals surface area contributed by atoms with Crippen molar-refractivity contribution < 1.29 is 139 Å².